The molecule has 136 valence electrons. The van der Waals surface area contributed by atoms with Gasteiger partial charge in [0.15, 0.2) is 0 Å². The predicted molar refractivity (Wildman–Crippen MR) is 109 cm³/mol. The molecule has 0 saturated carbocycles. The molecule has 4 nitrogen and oxygen atoms in total. The minimum absolute atomic E-state index is 0.0618. The molecule has 1 saturated heterocycles. The van der Waals surface area contributed by atoms with E-state index in [2.05, 4.69) is 21.2 Å². The lowest BCUT2D eigenvalue weighted by atomic mass is 10.1. The summed E-state index contributed by atoms with van der Waals surface area (Å²) in [4.78, 5) is 26.7. The molecule has 1 aliphatic heterocycles. The Bertz CT molecular complexity index is 874. The fourth-order valence-electron chi connectivity index (χ4n) is 3.14. The maximum atomic E-state index is 12.6. The van der Waals surface area contributed by atoms with Gasteiger partial charge in [-0.1, -0.05) is 33.6 Å². The fourth-order valence-corrected chi connectivity index (χ4v) is 3.55. The van der Waals surface area contributed by atoms with Crippen molar-refractivity contribution in [3.8, 4) is 0 Å². The first-order valence-corrected chi connectivity index (χ1v) is 9.57. The van der Waals surface area contributed by atoms with Gasteiger partial charge in [-0.3, -0.25) is 9.59 Å². The molecule has 0 spiro atoms. The maximum Gasteiger partial charge on any atom is 0.229 e. The van der Waals surface area contributed by atoms with Crippen LogP contribution in [0.2, 0.25) is 5.02 Å². The van der Waals surface area contributed by atoms with Gasteiger partial charge in [-0.25, -0.2) is 0 Å². The third-order valence-corrected chi connectivity index (χ3v) is 6.32. The third-order valence-electron chi connectivity index (χ3n) is 4.67. The lowest BCUT2D eigenvalue weighted by molar-refractivity contribution is -0.122. The normalized spacial score (nSPS) is 16.9. The van der Waals surface area contributed by atoms with E-state index in [1.54, 1.807) is 11.0 Å². The summed E-state index contributed by atoms with van der Waals surface area (Å²) in [6.45, 7) is 6.23. The number of carbonyl (C=O) groups is 2. The van der Waals surface area contributed by atoms with E-state index in [-0.39, 0.29) is 24.2 Å². The summed E-state index contributed by atoms with van der Waals surface area (Å²) in [5.74, 6) is -0.583. The Hall–Kier alpha value is -1.85. The van der Waals surface area contributed by atoms with Gasteiger partial charge in [0.2, 0.25) is 11.8 Å². The van der Waals surface area contributed by atoms with Crippen LogP contribution in [0.5, 0.6) is 0 Å². The lowest BCUT2D eigenvalue weighted by Crippen LogP contribution is -2.28. The highest BCUT2D eigenvalue weighted by Crippen LogP contribution is 2.30. The highest BCUT2D eigenvalue weighted by atomic mass is 79.9. The van der Waals surface area contributed by atoms with E-state index < -0.39 is 0 Å². The third kappa shape index (κ3) is 3.79. The Morgan fingerprint density at radius 2 is 1.81 bits per heavy atom. The number of nitrogens with zero attached hydrogens (tertiary/aromatic N) is 1. The first-order valence-electron chi connectivity index (χ1n) is 8.40. The van der Waals surface area contributed by atoms with Crippen molar-refractivity contribution < 1.29 is 9.59 Å². The van der Waals surface area contributed by atoms with E-state index in [0.29, 0.717) is 11.6 Å². The van der Waals surface area contributed by atoms with Crippen LogP contribution in [0.3, 0.4) is 0 Å². The Balaban J connectivity index is 1.73. The summed E-state index contributed by atoms with van der Waals surface area (Å²) in [5.41, 5.74) is 4.54. The molecule has 0 aliphatic carbocycles. The number of halogens is 2. The second-order valence-electron chi connectivity index (χ2n) is 6.75. The number of hydrogen-bond donors (Lipinski definition) is 1. The monoisotopic (exact) mass is 434 g/mol. The quantitative estimate of drug-likeness (QED) is 0.736. The molecule has 2 aromatic rings. The number of aryl methyl sites for hydroxylation is 3. The number of carbonyl (C=O) groups excluding carboxylic acids is 2. The number of nitrogens with one attached hydrogen (secondary N) is 1. The molecule has 0 unspecified atom stereocenters. The molecule has 1 fully saturated rings. The van der Waals surface area contributed by atoms with Crippen molar-refractivity contribution in [2.45, 2.75) is 27.2 Å². The van der Waals surface area contributed by atoms with E-state index in [4.69, 9.17) is 11.6 Å². The van der Waals surface area contributed by atoms with Crippen LogP contribution in [0.4, 0.5) is 11.4 Å². The minimum Gasteiger partial charge on any atom is -0.326 e. The summed E-state index contributed by atoms with van der Waals surface area (Å²) in [7, 11) is 0. The van der Waals surface area contributed by atoms with Gasteiger partial charge in [-0.2, -0.15) is 0 Å². The molecule has 2 aromatic carbocycles. The summed E-state index contributed by atoms with van der Waals surface area (Å²) in [6, 6.07) is 9.36. The average molecular weight is 436 g/mol. The summed E-state index contributed by atoms with van der Waals surface area (Å²) in [5, 5.41) is 3.56. The molecule has 0 aromatic heterocycles. The molecule has 1 N–H and O–H groups in total. The van der Waals surface area contributed by atoms with Crippen LogP contribution in [0, 0.1) is 26.7 Å². The molecule has 3 rings (SSSR count). The zero-order valence-corrected chi connectivity index (χ0v) is 17.2. The van der Waals surface area contributed by atoms with E-state index >= 15 is 0 Å². The van der Waals surface area contributed by atoms with Crippen molar-refractivity contribution in [3.63, 3.8) is 0 Å². The van der Waals surface area contributed by atoms with Crippen LogP contribution in [-0.4, -0.2) is 18.4 Å². The van der Waals surface area contributed by atoms with Crippen molar-refractivity contribution in [2.75, 3.05) is 16.8 Å². The van der Waals surface area contributed by atoms with Gasteiger partial charge >= 0.3 is 0 Å². The molecule has 26 heavy (non-hydrogen) atoms. The van der Waals surface area contributed by atoms with Crippen LogP contribution in [0.15, 0.2) is 34.8 Å². The van der Waals surface area contributed by atoms with Gasteiger partial charge in [0.25, 0.3) is 0 Å². The topological polar surface area (TPSA) is 49.4 Å². The van der Waals surface area contributed by atoms with Crippen LogP contribution < -0.4 is 10.2 Å². The molecule has 1 aliphatic rings. The molecular weight excluding hydrogens is 416 g/mol. The Labute approximate surface area is 166 Å². The van der Waals surface area contributed by atoms with Crippen LogP contribution in [0.1, 0.15) is 23.1 Å². The Kier molecular flexibility index (Phi) is 5.39. The molecule has 0 radical (unpaired) electrons. The lowest BCUT2D eigenvalue weighted by Gasteiger charge is -2.18. The van der Waals surface area contributed by atoms with Crippen molar-refractivity contribution >= 4 is 50.7 Å². The first-order chi connectivity index (χ1) is 12.3. The summed E-state index contributed by atoms with van der Waals surface area (Å²) >= 11 is 9.69. The highest BCUT2D eigenvalue weighted by molar-refractivity contribution is 9.10. The summed E-state index contributed by atoms with van der Waals surface area (Å²) in [6.07, 6.45) is 0.200. The Morgan fingerprint density at radius 3 is 2.42 bits per heavy atom. The molecule has 6 heteroatoms. The number of hydrogen-bond acceptors (Lipinski definition) is 2. The maximum absolute atomic E-state index is 12.6. The van der Waals surface area contributed by atoms with Gasteiger partial charge in [0.05, 0.1) is 5.92 Å². The van der Waals surface area contributed by atoms with Gasteiger partial charge < -0.3 is 10.2 Å². The van der Waals surface area contributed by atoms with Crippen LogP contribution in [-0.2, 0) is 9.59 Å². The second kappa shape index (κ2) is 7.41. The smallest absolute Gasteiger partial charge is 0.229 e. The van der Waals surface area contributed by atoms with Gasteiger partial charge in [-0.05, 0) is 61.7 Å². The highest BCUT2D eigenvalue weighted by Gasteiger charge is 2.35. The molecule has 0 bridgehead atoms. The van der Waals surface area contributed by atoms with Crippen molar-refractivity contribution in [1.82, 2.24) is 0 Å². The van der Waals surface area contributed by atoms with E-state index in [0.717, 1.165) is 32.5 Å². The SMILES string of the molecule is Cc1ccc(N2C[C@H](C(=O)Nc3cc(C)c(Br)c(C)c3)CC2=O)cc1Cl. The first kappa shape index (κ1) is 18.9. The minimum atomic E-state index is -0.383. The number of anilines is 2. The molecule has 1 atom stereocenters. The van der Waals surface area contributed by atoms with Gasteiger partial charge in [0, 0.05) is 33.8 Å². The average Bonchev–Trinajstić information content (AvgIpc) is 2.97. The Morgan fingerprint density at radius 1 is 1.15 bits per heavy atom. The molecule has 2 amide bonds. The van der Waals surface area contributed by atoms with Crippen molar-refractivity contribution in [1.29, 1.82) is 0 Å². The van der Waals surface area contributed by atoms with E-state index in [1.165, 1.54) is 0 Å². The predicted octanol–water partition coefficient (Wildman–Crippen LogP) is 5.02. The fraction of sp³-hybridized carbons (Fsp3) is 0.300. The molecular formula is C20H20BrClN2O2. The van der Waals surface area contributed by atoms with E-state index in [9.17, 15) is 9.59 Å². The zero-order chi connectivity index (χ0) is 19.0. The van der Waals surface area contributed by atoms with Crippen LogP contribution >= 0.6 is 27.5 Å². The zero-order valence-electron chi connectivity index (χ0n) is 14.9. The van der Waals surface area contributed by atoms with Gasteiger partial charge in [0.1, 0.15) is 0 Å². The van der Waals surface area contributed by atoms with Crippen LogP contribution in [0.25, 0.3) is 0 Å². The van der Waals surface area contributed by atoms with Crippen molar-refractivity contribution in [3.05, 3.63) is 56.5 Å². The number of rotatable bonds is 3. The van der Waals surface area contributed by atoms with Crippen molar-refractivity contribution in [2.24, 2.45) is 5.92 Å². The standard InChI is InChI=1S/C20H20BrClN2O2/c1-11-4-5-16(9-17(11)22)24-10-14(8-18(24)25)20(26)23-15-6-12(2)19(21)13(3)7-15/h4-7,9,14H,8,10H2,1-3H3,(H,23,26)/t14-/m1/s1. The number of benzene rings is 2. The van der Waals surface area contributed by atoms with Gasteiger partial charge in [-0.15, -0.1) is 0 Å². The van der Waals surface area contributed by atoms with E-state index in [1.807, 2.05) is 45.0 Å². The number of amides is 2. The molecule has 1 heterocycles. The second-order valence-corrected chi connectivity index (χ2v) is 7.95. The largest absolute Gasteiger partial charge is 0.326 e. The summed E-state index contributed by atoms with van der Waals surface area (Å²) < 4.78 is 1.04.